The molecule has 8 rings (SSSR count). The zero-order chi connectivity index (χ0) is 46.6. The van der Waals surface area contributed by atoms with E-state index in [0.717, 1.165) is 50.6 Å². The summed E-state index contributed by atoms with van der Waals surface area (Å²) < 4.78 is 76.6. The Morgan fingerprint density at radius 3 is 1.59 bits per heavy atom. The van der Waals surface area contributed by atoms with Crippen LogP contribution in [0.15, 0.2) is 152 Å². The van der Waals surface area contributed by atoms with Crippen molar-refractivity contribution in [2.45, 2.75) is 34.6 Å². The smallest absolute Gasteiger partial charge is 0.155 e. The number of carbonyl (C=O) groups is 1. The molecule has 0 aliphatic heterocycles. The molecular weight excluding hydrogens is 1600 g/mol. The number of hydrogen-bond acceptors (Lipinski definition) is 6. The number of carbonyl (C=O) groups excluding carboxylic acids is 1. The van der Waals surface area contributed by atoms with Crippen LogP contribution in [0.3, 0.4) is 0 Å². The maximum atomic E-state index is 13.2. The monoisotopic (exact) mass is 1640 g/mol. The summed E-state index contributed by atoms with van der Waals surface area (Å²) >= 11 is 0. The Kier molecular flexibility index (Phi) is 30.1. The molecule has 16 heteroatoms. The van der Waals surface area contributed by atoms with Crippen LogP contribution < -0.4 is 0 Å². The molecule has 0 fully saturated rings. The molecule has 0 saturated heterocycles. The Bertz CT molecular complexity index is 2710. The van der Waals surface area contributed by atoms with Gasteiger partial charge in [0.2, 0.25) is 0 Å². The summed E-state index contributed by atoms with van der Waals surface area (Å²) in [6, 6.07) is 42.4. The average molecular weight is 1640 g/mol. The summed E-state index contributed by atoms with van der Waals surface area (Å²) in [7, 11) is 0. The second kappa shape index (κ2) is 32.6. The van der Waals surface area contributed by atoms with Gasteiger partial charge in [0.25, 0.3) is 0 Å². The van der Waals surface area contributed by atoms with Crippen LogP contribution in [-0.4, -0.2) is 30.8 Å². The first-order valence-electron chi connectivity index (χ1n) is 19.3. The fourth-order valence-corrected chi connectivity index (χ4v) is 5.24. The number of allylic oxidation sites excluding steroid dienone is 2. The van der Waals surface area contributed by atoms with Gasteiger partial charge in [0.1, 0.15) is 0 Å². The number of nitrogens with zero attached hydrogens (tertiary/aromatic N) is 4. The molecule has 68 heavy (non-hydrogen) atoms. The first-order valence-corrected chi connectivity index (χ1v) is 19.3. The molecule has 0 aliphatic carbocycles. The molecule has 8 aromatic rings. The molecule has 0 bridgehead atoms. The van der Waals surface area contributed by atoms with Crippen LogP contribution in [0.2, 0.25) is 0 Å². The van der Waals surface area contributed by atoms with Crippen LogP contribution in [-0.2, 0) is 85.2 Å². The van der Waals surface area contributed by atoms with Crippen LogP contribution in [0.25, 0.3) is 45.0 Å². The van der Waals surface area contributed by atoms with Gasteiger partial charge in [-0.2, -0.15) is 0 Å². The van der Waals surface area contributed by atoms with E-state index in [1.165, 1.54) is 68.6 Å². The Morgan fingerprint density at radius 2 is 1.13 bits per heavy atom. The second-order valence-corrected chi connectivity index (χ2v) is 13.6. The summed E-state index contributed by atoms with van der Waals surface area (Å²) in [6.07, 6.45) is 6.11. The third kappa shape index (κ3) is 21.9. The minimum atomic E-state index is -1.26. The Labute approximate surface area is 446 Å². The van der Waals surface area contributed by atoms with Gasteiger partial charge < -0.3 is 25.0 Å². The number of hydrogen-bond donors (Lipinski definition) is 1. The third-order valence-electron chi connectivity index (χ3n) is 8.21. The molecule has 0 aliphatic rings. The molecule has 0 unspecified atom stereocenters. The fourth-order valence-electron chi connectivity index (χ4n) is 5.24. The van der Waals surface area contributed by atoms with E-state index in [9.17, 15) is 31.1 Å². The van der Waals surface area contributed by atoms with Gasteiger partial charge in [0.15, 0.2) is 5.78 Å². The van der Waals surface area contributed by atoms with Crippen LogP contribution >= 0.6 is 0 Å². The first-order chi connectivity index (χ1) is 30.6. The Hall–Kier alpha value is -5.13. The Balaban J connectivity index is 0.000000826. The van der Waals surface area contributed by atoms with E-state index in [1.807, 2.05) is 69.3 Å². The molecule has 0 amide bonds. The van der Waals surface area contributed by atoms with E-state index < -0.39 is 17.5 Å². The van der Waals surface area contributed by atoms with Crippen molar-refractivity contribution in [2.75, 3.05) is 0 Å². The minimum Gasteiger partial charge on any atom is -0.512 e. The molecule has 0 spiro atoms. The molecule has 1 N–H and O–H groups in total. The summed E-state index contributed by atoms with van der Waals surface area (Å²) in [5.74, 6) is -4.24. The number of ketones is 1. The van der Waals surface area contributed by atoms with Gasteiger partial charge in [-0.15, -0.1) is 89.5 Å². The van der Waals surface area contributed by atoms with Gasteiger partial charge in [-0.1, -0.05) is 65.7 Å². The predicted molar refractivity (Wildman–Crippen MR) is 235 cm³/mol. The molecule has 4 radical (unpaired) electrons. The number of halogens is 6. The number of pyridine rings is 4. The summed E-state index contributed by atoms with van der Waals surface area (Å²) in [6.45, 7) is 8.72. The van der Waals surface area contributed by atoms with Crippen molar-refractivity contribution in [1.29, 1.82) is 0 Å². The van der Waals surface area contributed by atoms with Gasteiger partial charge in [-0.25, -0.2) is 4.39 Å². The molecule has 0 saturated carbocycles. The van der Waals surface area contributed by atoms with E-state index in [2.05, 4.69) is 38.1 Å². The molecule has 6 nitrogen and oxygen atoms in total. The summed E-state index contributed by atoms with van der Waals surface area (Å²) in [5.41, 5.74) is 8.11. The van der Waals surface area contributed by atoms with Crippen molar-refractivity contribution in [3.63, 3.8) is 0 Å². The van der Waals surface area contributed by atoms with Crippen LogP contribution in [0, 0.1) is 79.9 Å². The second-order valence-electron chi connectivity index (χ2n) is 13.6. The van der Waals surface area contributed by atoms with Crippen LogP contribution in [0.5, 0.6) is 0 Å². The summed E-state index contributed by atoms with van der Waals surface area (Å²) in [4.78, 5) is 26.6. The van der Waals surface area contributed by atoms with Crippen molar-refractivity contribution in [3.05, 3.63) is 228 Å². The quantitative estimate of drug-likeness (QED) is 0.0607. The molecule has 4 heterocycles. The van der Waals surface area contributed by atoms with Gasteiger partial charge in [-0.3, -0.25) is 26.7 Å². The Morgan fingerprint density at radius 1 is 0.574 bits per heavy atom. The topological polar surface area (TPSA) is 88.9 Å². The minimum absolute atomic E-state index is 0. The maximum absolute atomic E-state index is 13.2. The molecule has 4 aromatic carbocycles. The molecular formula is C52H40F6Ir4N4O2-4. The van der Waals surface area contributed by atoms with E-state index in [0.29, 0.717) is 6.07 Å². The van der Waals surface area contributed by atoms with Crippen LogP contribution in [0.4, 0.5) is 26.3 Å². The normalized spacial score (nSPS) is 9.72. The molecule has 362 valence electrons. The number of aliphatic hydroxyl groups excluding tert-OH is 1. The largest absolute Gasteiger partial charge is 0.512 e. The van der Waals surface area contributed by atoms with Crippen molar-refractivity contribution in [1.82, 2.24) is 19.9 Å². The SMILES string of the molecule is CC(=O)C=C(C)O.Cc1ccc(-c2[c-]cc(F)cc2)nc1.Cc1cccc(-c2[c-]cc(F)cc2)n1.Cc1cccnc1-c1[c-]cc(F)cc1.Fc1[c-]c(-c2ccccn2)c(F)cc1F.[Ir].[Ir].[Ir].[Ir]. The average Bonchev–Trinajstić information content (AvgIpc) is 3.27. The van der Waals surface area contributed by atoms with E-state index in [-0.39, 0.29) is 121 Å². The zero-order valence-electron chi connectivity index (χ0n) is 36.6. The van der Waals surface area contributed by atoms with Gasteiger partial charge in [-0.05, 0) is 81.2 Å². The van der Waals surface area contributed by atoms with Gasteiger partial charge in [0, 0.05) is 134 Å². The van der Waals surface area contributed by atoms with Gasteiger partial charge in [0.05, 0.1) is 17.4 Å². The van der Waals surface area contributed by atoms with Gasteiger partial charge >= 0.3 is 0 Å². The van der Waals surface area contributed by atoms with E-state index in [1.54, 1.807) is 42.7 Å². The van der Waals surface area contributed by atoms with Crippen LogP contribution in [0.1, 0.15) is 30.7 Å². The summed E-state index contributed by atoms with van der Waals surface area (Å²) in [5, 5.41) is 8.36. The molecule has 4 aromatic heterocycles. The number of aromatic nitrogens is 4. The van der Waals surface area contributed by atoms with E-state index >= 15 is 0 Å². The van der Waals surface area contributed by atoms with E-state index in [4.69, 9.17) is 5.11 Å². The van der Waals surface area contributed by atoms with Crippen molar-refractivity contribution in [2.24, 2.45) is 0 Å². The van der Waals surface area contributed by atoms with Crippen molar-refractivity contribution in [3.8, 4) is 45.0 Å². The number of aliphatic hydroxyl groups is 1. The number of benzene rings is 4. The molecule has 0 atom stereocenters. The predicted octanol–water partition coefficient (Wildman–Crippen LogP) is 13.0. The number of rotatable bonds is 5. The maximum Gasteiger partial charge on any atom is 0.155 e. The first kappa shape index (κ1) is 62.9. The fraction of sp³-hybridized carbons (Fsp3) is 0.0962. The standard InChI is InChI=1S/3C12H9FN.C11H5F3N.C5H8O2.4Ir/c1-9-2-7-12(14-8-9)10-3-5-11(13)6-4-10;1-9-3-2-8-14-12(9)10-4-6-11(13)7-5-10;1-9-3-2-4-12(14-9)10-5-7-11(13)8-6-10;12-8-6-10(14)9(13)5-7(8)11-3-1-2-4-15-11;1-4(6)3-5(2)7;;;;/h2-3,5-8H,1H3;2-4,6-8H,1H3;2-5,7-8H,1H3;1-4,6H;3,6H,1-2H3;;;;/q4*-1;;;;;. The van der Waals surface area contributed by atoms with Crippen molar-refractivity contribution >= 4 is 5.78 Å². The number of aryl methyl sites for hydroxylation is 3. The van der Waals surface area contributed by atoms with Crippen molar-refractivity contribution < 1.29 is 117 Å². The third-order valence-corrected chi connectivity index (χ3v) is 8.21. The zero-order valence-corrected chi connectivity index (χ0v) is 46.2.